The first kappa shape index (κ1) is 5.07. The van der Waals surface area contributed by atoms with Crippen molar-refractivity contribution in [3.05, 3.63) is 34.9 Å². The molecule has 1 aliphatic carbocycles. The molecule has 1 aromatic rings. The average molecular weight is 312 g/mol. The number of hydrogen-bond donors (Lipinski definition) is 0. The molecule has 6 rings (SSSR count). The van der Waals surface area contributed by atoms with Crippen molar-refractivity contribution in [1.29, 1.82) is 0 Å². The van der Waals surface area contributed by atoms with Crippen LogP contribution in [0, 0.1) is 5.89 Å². The van der Waals surface area contributed by atoms with Crippen LogP contribution in [0.5, 0.6) is 0 Å². The first-order chi connectivity index (χ1) is 16.5. The topological polar surface area (TPSA) is 23.6 Å². The molecule has 3 fully saturated rings. The molecular weight excluding hydrogens is 272 g/mol. The van der Waals surface area contributed by atoms with E-state index in [2.05, 4.69) is 0 Å². The van der Waals surface area contributed by atoms with Gasteiger partial charge < -0.3 is 9.80 Å². The fourth-order valence-corrected chi connectivity index (χ4v) is 3.28. The van der Waals surface area contributed by atoms with Crippen molar-refractivity contribution < 1.29 is 25.4 Å². The Morgan fingerprint density at radius 2 is 2.09 bits per heavy atom. The number of nitrogens with zero attached hydrogens (tertiary/aromatic N) is 2. The lowest BCUT2D eigenvalue weighted by Crippen LogP contribution is -2.60. The quantitative estimate of drug-likeness (QED) is 0.796. The van der Waals surface area contributed by atoms with E-state index in [1.807, 2.05) is 0 Å². The standard InChI is InChI=1S/C19H24N2O/c22-19-16-6-2-4-14-3-1-5-15(18(14)16)11-21(19)17-12-20-9-7-13(17)8-10-20/h2,4,6,13,15,17H,1,3,5,7-12H2/t15-,17-/m1/s1/i7D2,8D2,9D2,10D2,11D2,12D2,13D,15D,17D. The van der Waals surface area contributed by atoms with Crippen LogP contribution in [0.2, 0.25) is 0 Å². The zero-order valence-electron chi connectivity index (χ0n) is 26.7. The minimum Gasteiger partial charge on any atom is -0.333 e. The highest BCUT2D eigenvalue weighted by Crippen LogP contribution is 2.41. The van der Waals surface area contributed by atoms with E-state index in [-0.39, 0.29) is 28.9 Å². The first-order valence-corrected chi connectivity index (χ1v) is 7.25. The summed E-state index contributed by atoms with van der Waals surface area (Å²) in [5, 5.41) is 0. The zero-order valence-corrected chi connectivity index (χ0v) is 11.7. The maximum atomic E-state index is 13.9. The molecule has 4 heterocycles. The molecule has 3 heteroatoms. The number of piperidine rings is 3. The van der Waals surface area contributed by atoms with Crippen LogP contribution >= 0.6 is 0 Å². The maximum Gasteiger partial charge on any atom is 0.254 e. The minimum atomic E-state index is -4.07. The summed E-state index contributed by atoms with van der Waals surface area (Å²) in [7, 11) is 0. The third kappa shape index (κ3) is 1.81. The number of carbonyl (C=O) groups excluding carboxylic acids is 1. The summed E-state index contributed by atoms with van der Waals surface area (Å²) in [6.45, 7) is -14.5. The second kappa shape index (κ2) is 4.82. The van der Waals surface area contributed by atoms with Crippen LogP contribution in [-0.2, 0) is 6.42 Å². The van der Waals surface area contributed by atoms with E-state index < -0.39 is 67.3 Å². The highest BCUT2D eigenvalue weighted by molar-refractivity contribution is 5.97. The van der Waals surface area contributed by atoms with Gasteiger partial charge in [0.15, 0.2) is 0 Å². The summed E-state index contributed by atoms with van der Waals surface area (Å²) in [6.07, 6.45) is -7.18. The Morgan fingerprint density at radius 1 is 1.23 bits per heavy atom. The molecule has 116 valence electrons. The van der Waals surface area contributed by atoms with Crippen LogP contribution in [0.25, 0.3) is 0 Å². The van der Waals surface area contributed by atoms with Gasteiger partial charge in [-0.05, 0) is 68.1 Å². The van der Waals surface area contributed by atoms with Crippen LogP contribution in [0.15, 0.2) is 18.2 Å². The number of aryl methyl sites for hydroxylation is 1. The van der Waals surface area contributed by atoms with Crippen LogP contribution in [-0.4, -0.2) is 47.7 Å². The van der Waals surface area contributed by atoms with Crippen LogP contribution in [0.1, 0.15) is 73.5 Å². The van der Waals surface area contributed by atoms with Gasteiger partial charge in [-0.15, -0.1) is 0 Å². The Balaban J connectivity index is 1.92. The van der Waals surface area contributed by atoms with Crippen molar-refractivity contribution in [2.45, 2.75) is 43.9 Å². The fourth-order valence-electron chi connectivity index (χ4n) is 3.28. The SMILES string of the molecule is [2H]C1([2H])N2C([2H])([2H])C([2H])([2H])C([2H])(C1([2H])[2H])[C@]([2H])(N1C(=O)c3cccc4c3[C@]([2H])(CCC4)C1([2H])[2H])C2([2H])[2H]. The molecule has 0 aromatic heterocycles. The molecule has 1 amide bonds. The van der Waals surface area contributed by atoms with Crippen LogP contribution in [0.4, 0.5) is 0 Å². The van der Waals surface area contributed by atoms with E-state index in [1.165, 1.54) is 12.1 Å². The van der Waals surface area contributed by atoms with E-state index in [1.54, 1.807) is 6.07 Å². The van der Waals surface area contributed by atoms with Gasteiger partial charge in [0.25, 0.3) is 5.91 Å². The second-order valence-corrected chi connectivity index (χ2v) is 5.57. The average Bonchev–Trinajstić information content (AvgIpc) is 2.74. The van der Waals surface area contributed by atoms with Crippen molar-refractivity contribution in [3.8, 4) is 0 Å². The fraction of sp³-hybridized carbons (Fsp3) is 0.632. The van der Waals surface area contributed by atoms with Gasteiger partial charge in [-0.2, -0.15) is 0 Å². The van der Waals surface area contributed by atoms with Gasteiger partial charge in [-0.1, -0.05) is 12.1 Å². The van der Waals surface area contributed by atoms with E-state index in [9.17, 15) is 6.17 Å². The number of fused-ring (bicyclic) bond motifs is 3. The van der Waals surface area contributed by atoms with Gasteiger partial charge in [0.05, 0.1) is 4.11 Å². The van der Waals surface area contributed by atoms with Crippen molar-refractivity contribution >= 4 is 5.91 Å². The van der Waals surface area contributed by atoms with Crippen molar-refractivity contribution in [2.75, 3.05) is 26.0 Å². The molecule has 0 unspecified atom stereocenters. The van der Waals surface area contributed by atoms with Crippen molar-refractivity contribution in [2.24, 2.45) is 5.89 Å². The zero-order chi connectivity index (χ0) is 28.2. The molecule has 3 saturated heterocycles. The van der Waals surface area contributed by atoms with Gasteiger partial charge in [0, 0.05) is 46.9 Å². The monoisotopic (exact) mass is 311 g/mol. The maximum absolute atomic E-state index is 13.9. The molecular formula is C19H24N2O. The third-order valence-corrected chi connectivity index (χ3v) is 4.27. The van der Waals surface area contributed by atoms with Gasteiger partial charge in [0.1, 0.15) is 0 Å². The molecule has 4 aliphatic heterocycles. The molecule has 1 aromatic carbocycles. The Labute approximate surface area is 153 Å². The lowest BCUT2D eigenvalue weighted by atomic mass is 9.75. The Morgan fingerprint density at radius 3 is 2.95 bits per heavy atom. The third-order valence-electron chi connectivity index (χ3n) is 4.27. The largest absolute Gasteiger partial charge is 0.333 e. The highest BCUT2D eigenvalue weighted by Gasteiger charge is 2.43. The van der Waals surface area contributed by atoms with Crippen molar-refractivity contribution in [3.63, 3.8) is 0 Å². The van der Waals surface area contributed by atoms with Gasteiger partial charge in [-0.3, -0.25) is 4.79 Å². The first-order valence-electron chi connectivity index (χ1n) is 14.7. The van der Waals surface area contributed by atoms with E-state index >= 15 is 0 Å². The number of hydrogen-bond acceptors (Lipinski definition) is 2. The van der Waals surface area contributed by atoms with Gasteiger partial charge in [-0.25, -0.2) is 0 Å². The summed E-state index contributed by atoms with van der Waals surface area (Å²) < 4.78 is 130. The molecule has 2 atom stereocenters. The molecule has 0 radical (unpaired) electrons. The summed E-state index contributed by atoms with van der Waals surface area (Å²) in [6, 6.07) is 0.377. The smallest absolute Gasteiger partial charge is 0.254 e. The molecule has 2 bridgehead atoms. The van der Waals surface area contributed by atoms with Crippen molar-refractivity contribution in [1.82, 2.24) is 9.80 Å². The predicted octanol–water partition coefficient (Wildman–Crippen LogP) is 2.66. The molecule has 3 nitrogen and oxygen atoms in total. The number of amides is 1. The normalized spacial score (nSPS) is 70.2. The number of carbonyl (C=O) groups is 1. The Bertz CT molecular complexity index is 1200. The second-order valence-electron chi connectivity index (χ2n) is 5.57. The lowest BCUT2D eigenvalue weighted by Gasteiger charge is -2.51. The predicted molar refractivity (Wildman–Crippen MR) is 86.1 cm³/mol. The minimum absolute atomic E-state index is 0.0219. The molecule has 0 spiro atoms. The van der Waals surface area contributed by atoms with E-state index in [0.717, 1.165) is 0 Å². The number of benzene rings is 1. The summed E-state index contributed by atoms with van der Waals surface area (Å²) in [4.78, 5) is 13.4. The summed E-state index contributed by atoms with van der Waals surface area (Å²) in [5.74, 6) is -7.77. The Kier molecular flexibility index (Phi) is 1.11. The van der Waals surface area contributed by atoms with Gasteiger partial charge >= 0.3 is 0 Å². The van der Waals surface area contributed by atoms with E-state index in [4.69, 9.17) is 19.2 Å². The molecule has 0 saturated carbocycles. The molecule has 22 heavy (non-hydrogen) atoms. The number of rotatable bonds is 1. The van der Waals surface area contributed by atoms with Gasteiger partial charge in [0.2, 0.25) is 0 Å². The molecule has 5 aliphatic rings. The summed E-state index contributed by atoms with van der Waals surface area (Å²) in [5.41, 5.74) is 0.232. The lowest BCUT2D eigenvalue weighted by molar-refractivity contribution is 0.00258. The molecule has 0 N–H and O–H groups in total. The van der Waals surface area contributed by atoms with Crippen LogP contribution < -0.4 is 0 Å². The Hall–Kier alpha value is -1.35. The highest BCUT2D eigenvalue weighted by atomic mass is 16.2. The van der Waals surface area contributed by atoms with Crippen LogP contribution in [0.3, 0.4) is 0 Å². The van der Waals surface area contributed by atoms with E-state index in [0.29, 0.717) is 12.0 Å². The summed E-state index contributed by atoms with van der Waals surface area (Å²) >= 11 is 0.